The summed E-state index contributed by atoms with van der Waals surface area (Å²) in [5.41, 5.74) is 18.9. The first-order valence-electron chi connectivity index (χ1n) is 20.6. The van der Waals surface area contributed by atoms with Gasteiger partial charge >= 0.3 is 24.1 Å². The Labute approximate surface area is 338 Å². The van der Waals surface area contributed by atoms with Crippen LogP contribution in [0.2, 0.25) is 0 Å². The largest absolute Gasteiger partial charge is 0.370 e. The number of nitrogens with two attached hydrogens (primary N) is 3. The zero-order chi connectivity index (χ0) is 42.2. The fraction of sp³-hybridized carbons (Fsp3) is 0.675. The number of benzene rings is 1. The number of amides is 9. The summed E-state index contributed by atoms with van der Waals surface area (Å²) in [4.78, 5) is 66.3. The Morgan fingerprint density at radius 2 is 1.11 bits per heavy atom. The van der Waals surface area contributed by atoms with Crippen LogP contribution in [0.25, 0.3) is 10.9 Å². The predicted molar refractivity (Wildman–Crippen MR) is 226 cm³/mol. The lowest BCUT2D eigenvalue weighted by molar-refractivity contribution is -0.118. The monoisotopic (exact) mass is 801 g/mol. The van der Waals surface area contributed by atoms with Crippen molar-refractivity contribution in [3.05, 3.63) is 36.0 Å². The predicted octanol–water partition coefficient (Wildman–Crippen LogP) is 2.85. The molecule has 1 aromatic carbocycles. The van der Waals surface area contributed by atoms with E-state index in [-0.39, 0.29) is 74.0 Å². The van der Waals surface area contributed by atoms with E-state index in [2.05, 4.69) is 60.5 Å². The van der Waals surface area contributed by atoms with Crippen LogP contribution in [0, 0.1) is 17.8 Å². The number of primary amides is 1. The van der Waals surface area contributed by atoms with Gasteiger partial charge in [-0.2, -0.15) is 0 Å². The van der Waals surface area contributed by atoms with Crippen LogP contribution in [0.1, 0.15) is 91.5 Å². The number of para-hydroxylation sites is 1. The summed E-state index contributed by atoms with van der Waals surface area (Å²) >= 11 is 0. The Hall–Kier alpha value is -4.77. The maximum atomic E-state index is 13.0. The normalized spacial score (nSPS) is 13.9. The molecule has 0 unspecified atom stereocenters. The average Bonchev–Trinajstić information content (AvgIpc) is 3.57. The van der Waals surface area contributed by atoms with Crippen LogP contribution >= 0.6 is 0 Å². The highest BCUT2D eigenvalue weighted by molar-refractivity contribution is 5.83. The van der Waals surface area contributed by atoms with Crippen LogP contribution in [0.15, 0.2) is 30.5 Å². The van der Waals surface area contributed by atoms with Crippen LogP contribution in [-0.2, 0) is 11.2 Å². The van der Waals surface area contributed by atoms with Gasteiger partial charge in [-0.3, -0.25) is 4.79 Å². The molecule has 0 aliphatic heterocycles. The van der Waals surface area contributed by atoms with E-state index in [1.807, 2.05) is 52.1 Å². The lowest BCUT2D eigenvalue weighted by Gasteiger charge is -2.27. The van der Waals surface area contributed by atoms with Gasteiger partial charge in [0, 0.05) is 61.8 Å². The highest BCUT2D eigenvalue weighted by Crippen LogP contribution is 2.20. The summed E-state index contributed by atoms with van der Waals surface area (Å²) < 4.78 is 0. The van der Waals surface area contributed by atoms with Crippen molar-refractivity contribution >= 4 is 40.9 Å². The summed E-state index contributed by atoms with van der Waals surface area (Å²) in [6.45, 7) is 12.0. The number of hydrogen-bond donors (Lipinski definition) is 12. The van der Waals surface area contributed by atoms with E-state index < -0.39 is 24.0 Å². The third kappa shape index (κ3) is 20.3. The van der Waals surface area contributed by atoms with Gasteiger partial charge in [0.2, 0.25) is 5.91 Å². The van der Waals surface area contributed by atoms with Gasteiger partial charge < -0.3 is 64.7 Å². The lowest BCUT2D eigenvalue weighted by Crippen LogP contribution is -2.56. The zero-order valence-electron chi connectivity index (χ0n) is 34.8. The zero-order valence-corrected chi connectivity index (χ0v) is 34.8. The van der Waals surface area contributed by atoms with Gasteiger partial charge in [0.1, 0.15) is 0 Å². The van der Waals surface area contributed by atoms with Crippen molar-refractivity contribution in [2.45, 2.75) is 117 Å². The molecule has 0 saturated carbocycles. The standard InChI is InChI=1S/C40H72N12O5/c1-26(2)34(24-47-38(55)49-30(12-8-10-18-41)16-17-36(43)53)52-40(57)48-25-35(27(3)4)51-39(56)46-23-31(13-9-11-19-42)50-37(54)45-21-28(5)20-29-22-44-33-15-7-6-14-32(29)33/h6-7,14-15,22,26-28,30-31,34-35,44H,8-13,16-21,23-25,41-42H2,1-5H3,(H2,43,53)(H2,45,50,54)(H2,46,51,56)(H2,47,49,55)(H2,48,52,57)/t28-,30-,31-,34+,35+/m0/s1. The number of rotatable bonds is 27. The molecule has 0 saturated heterocycles. The Kier molecular flexibility index (Phi) is 22.9. The molecule has 1 heterocycles. The highest BCUT2D eigenvalue weighted by Gasteiger charge is 2.22. The second-order valence-corrected chi connectivity index (χ2v) is 15.8. The minimum absolute atomic E-state index is 0.00162. The van der Waals surface area contributed by atoms with E-state index in [0.717, 1.165) is 37.6 Å². The molecule has 2 aromatic rings. The Balaban J connectivity index is 1.83. The third-order valence-electron chi connectivity index (χ3n) is 9.99. The molecule has 15 N–H and O–H groups in total. The van der Waals surface area contributed by atoms with E-state index in [1.54, 1.807) is 0 Å². The first-order valence-corrected chi connectivity index (χ1v) is 20.6. The quantitative estimate of drug-likeness (QED) is 0.0600. The average molecular weight is 801 g/mol. The number of aromatic amines is 1. The molecule has 322 valence electrons. The van der Waals surface area contributed by atoms with Crippen LogP contribution in [0.3, 0.4) is 0 Å². The third-order valence-corrected chi connectivity index (χ3v) is 9.99. The second kappa shape index (κ2) is 27.0. The van der Waals surface area contributed by atoms with Crippen LogP contribution in [0.5, 0.6) is 0 Å². The number of nitrogens with one attached hydrogen (secondary N) is 9. The maximum Gasteiger partial charge on any atom is 0.315 e. The van der Waals surface area contributed by atoms with Gasteiger partial charge in [0.05, 0.1) is 12.1 Å². The summed E-state index contributed by atoms with van der Waals surface area (Å²) in [6.07, 6.45) is 7.95. The van der Waals surface area contributed by atoms with Gasteiger partial charge in [0.15, 0.2) is 0 Å². The fourth-order valence-corrected chi connectivity index (χ4v) is 6.36. The van der Waals surface area contributed by atoms with Gasteiger partial charge in [-0.05, 0) is 81.0 Å². The molecule has 0 radical (unpaired) electrons. The minimum atomic E-state index is -0.434. The van der Waals surface area contributed by atoms with Gasteiger partial charge in [-0.1, -0.05) is 65.7 Å². The Morgan fingerprint density at radius 3 is 1.65 bits per heavy atom. The molecule has 0 spiro atoms. The molecular weight excluding hydrogens is 729 g/mol. The first-order chi connectivity index (χ1) is 27.2. The molecule has 17 nitrogen and oxygen atoms in total. The molecule has 57 heavy (non-hydrogen) atoms. The number of aromatic nitrogens is 1. The molecule has 0 fully saturated rings. The van der Waals surface area contributed by atoms with Crippen molar-refractivity contribution in [3.63, 3.8) is 0 Å². The van der Waals surface area contributed by atoms with Crippen LogP contribution < -0.4 is 59.7 Å². The SMILES string of the molecule is CC(C)[C@@H](CNC(=O)N[C@@H](CCCCN)CCC(N)=O)NC(=O)NC[C@@H](NC(=O)NC[C@H](CCCCN)NC(=O)NC[C@@H](C)Cc1c[nH]c2ccccc12)C(C)C. The van der Waals surface area contributed by atoms with Gasteiger partial charge in [0.25, 0.3) is 0 Å². The second-order valence-electron chi connectivity index (χ2n) is 15.8. The van der Waals surface area contributed by atoms with Crippen molar-refractivity contribution in [2.75, 3.05) is 39.3 Å². The number of urea groups is 4. The van der Waals surface area contributed by atoms with E-state index in [4.69, 9.17) is 17.2 Å². The lowest BCUT2D eigenvalue weighted by atomic mass is 10.0. The molecule has 1 aromatic heterocycles. The van der Waals surface area contributed by atoms with Crippen molar-refractivity contribution in [1.29, 1.82) is 0 Å². The maximum absolute atomic E-state index is 13.0. The first kappa shape index (κ1) is 48.4. The molecule has 0 aliphatic carbocycles. The Bertz CT molecular complexity index is 1500. The van der Waals surface area contributed by atoms with Crippen LogP contribution in [0.4, 0.5) is 19.2 Å². The highest BCUT2D eigenvalue weighted by atomic mass is 16.2. The summed E-state index contributed by atoms with van der Waals surface area (Å²) in [5.74, 6) is -0.236. The molecular formula is C40H72N12O5. The summed E-state index contributed by atoms with van der Waals surface area (Å²) in [5, 5.41) is 24.5. The number of hydrogen-bond acceptors (Lipinski definition) is 7. The topological polar surface area (TPSA) is 275 Å². The van der Waals surface area contributed by atoms with Gasteiger partial charge in [-0.25, -0.2) is 19.2 Å². The molecule has 2 rings (SSSR count). The smallest absolute Gasteiger partial charge is 0.315 e. The molecule has 5 atom stereocenters. The van der Waals surface area contributed by atoms with Crippen molar-refractivity contribution in [2.24, 2.45) is 35.0 Å². The summed E-state index contributed by atoms with van der Waals surface area (Å²) in [6, 6.07) is 5.30. The van der Waals surface area contributed by atoms with Gasteiger partial charge in [-0.15, -0.1) is 0 Å². The number of unbranched alkanes of at least 4 members (excludes halogenated alkanes) is 2. The van der Waals surface area contributed by atoms with E-state index in [1.165, 1.54) is 10.9 Å². The number of H-pyrrole nitrogens is 1. The van der Waals surface area contributed by atoms with Crippen molar-refractivity contribution in [1.82, 2.24) is 47.5 Å². The Morgan fingerprint density at radius 1 is 0.614 bits per heavy atom. The summed E-state index contributed by atoms with van der Waals surface area (Å²) in [7, 11) is 0. The van der Waals surface area contributed by atoms with E-state index in [9.17, 15) is 24.0 Å². The van der Waals surface area contributed by atoms with Crippen LogP contribution in [-0.4, -0.2) is 98.5 Å². The van der Waals surface area contributed by atoms with E-state index >= 15 is 0 Å². The molecule has 0 aliphatic rings. The molecule has 9 amide bonds. The number of carbonyl (C=O) groups is 5. The molecule has 0 bridgehead atoms. The molecule has 17 heteroatoms. The van der Waals surface area contributed by atoms with Crippen molar-refractivity contribution < 1.29 is 24.0 Å². The van der Waals surface area contributed by atoms with E-state index in [0.29, 0.717) is 38.9 Å². The minimum Gasteiger partial charge on any atom is -0.370 e. The van der Waals surface area contributed by atoms with Crippen molar-refractivity contribution in [3.8, 4) is 0 Å². The number of fused-ring (bicyclic) bond motifs is 1. The number of carbonyl (C=O) groups excluding carboxylic acids is 5. The fourth-order valence-electron chi connectivity index (χ4n) is 6.36.